The van der Waals surface area contributed by atoms with Crippen molar-refractivity contribution in [2.75, 3.05) is 26.5 Å². The second-order valence-corrected chi connectivity index (χ2v) is 8.54. The molecule has 1 aromatic heterocycles. The van der Waals surface area contributed by atoms with E-state index in [2.05, 4.69) is 4.72 Å². The summed E-state index contributed by atoms with van der Waals surface area (Å²) in [7, 11) is -1.90. The van der Waals surface area contributed by atoms with Crippen molar-refractivity contribution in [3.05, 3.63) is 45.6 Å². The number of thiophene rings is 1. The van der Waals surface area contributed by atoms with Gasteiger partial charge in [-0.2, -0.15) is 0 Å². The molecule has 146 valence electrons. The minimum Gasteiger partial charge on any atom is -0.504 e. The Hall–Kier alpha value is -2.43. The second kappa shape index (κ2) is 8.98. The summed E-state index contributed by atoms with van der Waals surface area (Å²) in [6.45, 7) is -0.242. The lowest BCUT2D eigenvalue weighted by atomic mass is 10.2. The Morgan fingerprint density at radius 1 is 1.22 bits per heavy atom. The molecule has 0 aliphatic rings. The summed E-state index contributed by atoms with van der Waals surface area (Å²) in [5, 5.41) is 9.93. The first kappa shape index (κ1) is 20.9. The number of nitrogens with one attached hydrogen (secondary N) is 1. The monoisotopic (exact) mass is 413 g/mol. The number of hydrogen-bond donors (Lipinski definition) is 2. The van der Waals surface area contributed by atoms with E-state index in [9.17, 15) is 23.1 Å². The number of sulfonamides is 1. The van der Waals surface area contributed by atoms with Crippen LogP contribution in [0.2, 0.25) is 0 Å². The van der Waals surface area contributed by atoms with E-state index in [1.165, 1.54) is 36.6 Å². The van der Waals surface area contributed by atoms with Gasteiger partial charge in [0.25, 0.3) is 0 Å². The molecule has 2 aromatic rings. The summed E-state index contributed by atoms with van der Waals surface area (Å²) in [6.07, 6.45) is 1.52. The van der Waals surface area contributed by atoms with Crippen LogP contribution in [0.3, 0.4) is 0 Å². The quantitative estimate of drug-likeness (QED) is 0.473. The largest absolute Gasteiger partial charge is 0.504 e. The van der Waals surface area contributed by atoms with Crippen molar-refractivity contribution >= 4 is 33.1 Å². The molecule has 0 aliphatic carbocycles. The summed E-state index contributed by atoms with van der Waals surface area (Å²) in [5.41, 5.74) is -0.0964. The van der Waals surface area contributed by atoms with Crippen LogP contribution in [0.5, 0.6) is 11.5 Å². The van der Waals surface area contributed by atoms with Crippen LogP contribution in [0.1, 0.15) is 24.9 Å². The number of ether oxygens (including phenoxy) is 2. The summed E-state index contributed by atoms with van der Waals surface area (Å²) in [4.78, 5) is 25.4. The highest BCUT2D eigenvalue weighted by molar-refractivity contribution is 7.88. The van der Waals surface area contributed by atoms with Gasteiger partial charge in [0, 0.05) is 11.4 Å². The van der Waals surface area contributed by atoms with Gasteiger partial charge in [0.2, 0.25) is 15.8 Å². The topological polar surface area (TPSA) is 119 Å². The molecule has 0 fully saturated rings. The average Bonchev–Trinajstić information content (AvgIpc) is 3.07. The number of hydrogen-bond acceptors (Lipinski definition) is 8. The van der Waals surface area contributed by atoms with Crippen molar-refractivity contribution in [3.8, 4) is 11.5 Å². The maximum Gasteiger partial charge on any atom is 0.342 e. The molecular formula is C17H19NO7S2. The molecule has 2 rings (SSSR count). The third-order valence-corrected chi connectivity index (χ3v) is 5.36. The lowest BCUT2D eigenvalue weighted by molar-refractivity contribution is 0.0472. The Morgan fingerprint density at radius 3 is 2.63 bits per heavy atom. The number of phenols is 1. The van der Waals surface area contributed by atoms with Crippen molar-refractivity contribution in [2.24, 2.45) is 0 Å². The Labute approximate surface area is 160 Å². The lowest BCUT2D eigenvalue weighted by Gasteiger charge is -2.08. The summed E-state index contributed by atoms with van der Waals surface area (Å²) < 4.78 is 34.3. The number of esters is 1. The number of carbonyl (C=O) groups is 2. The van der Waals surface area contributed by atoms with Crippen LogP contribution in [-0.2, 0) is 21.2 Å². The van der Waals surface area contributed by atoms with Gasteiger partial charge in [-0.1, -0.05) is 6.07 Å². The SMILES string of the molecule is COc1cccc(C(=O)OCC(=O)c2ccc(CCNS(C)(=O)=O)s2)c1O. The maximum atomic E-state index is 12.2. The molecule has 0 aliphatic heterocycles. The highest BCUT2D eigenvalue weighted by atomic mass is 32.2. The minimum atomic E-state index is -3.26. The Morgan fingerprint density at radius 2 is 1.96 bits per heavy atom. The van der Waals surface area contributed by atoms with E-state index in [-0.39, 0.29) is 23.6 Å². The summed E-state index contributed by atoms with van der Waals surface area (Å²) in [6, 6.07) is 7.69. The average molecular weight is 413 g/mol. The molecule has 1 aromatic carbocycles. The number of methoxy groups -OCH3 is 1. The Balaban J connectivity index is 1.91. The van der Waals surface area contributed by atoms with Crippen LogP contribution in [0.4, 0.5) is 0 Å². The Bertz CT molecular complexity index is 935. The van der Waals surface area contributed by atoms with E-state index in [1.54, 1.807) is 12.1 Å². The van der Waals surface area contributed by atoms with Gasteiger partial charge in [-0.25, -0.2) is 17.9 Å². The molecule has 0 atom stereocenters. The van der Waals surface area contributed by atoms with E-state index >= 15 is 0 Å². The van der Waals surface area contributed by atoms with E-state index in [0.717, 1.165) is 11.1 Å². The summed E-state index contributed by atoms with van der Waals surface area (Å²) in [5.74, 6) is -1.46. The van der Waals surface area contributed by atoms with E-state index in [1.807, 2.05) is 0 Å². The predicted octanol–water partition coefficient (Wildman–Crippen LogP) is 1.59. The number of ketones is 1. The number of aromatic hydroxyl groups is 1. The molecule has 8 nitrogen and oxygen atoms in total. The van der Waals surface area contributed by atoms with Gasteiger partial charge in [0.1, 0.15) is 5.56 Å². The van der Waals surface area contributed by atoms with Gasteiger partial charge in [-0.15, -0.1) is 11.3 Å². The molecule has 0 saturated heterocycles. The molecule has 1 heterocycles. The normalized spacial score (nSPS) is 11.2. The smallest absolute Gasteiger partial charge is 0.342 e. The molecular weight excluding hydrogens is 394 g/mol. The molecule has 10 heteroatoms. The van der Waals surface area contributed by atoms with Crippen molar-refractivity contribution in [1.29, 1.82) is 0 Å². The zero-order valence-electron chi connectivity index (χ0n) is 14.7. The van der Waals surface area contributed by atoms with Crippen molar-refractivity contribution in [1.82, 2.24) is 4.72 Å². The van der Waals surface area contributed by atoms with Gasteiger partial charge in [0.05, 0.1) is 18.2 Å². The van der Waals surface area contributed by atoms with Crippen LogP contribution in [0.15, 0.2) is 30.3 Å². The molecule has 0 amide bonds. The minimum absolute atomic E-state index is 0.0964. The first-order valence-electron chi connectivity index (χ1n) is 7.81. The number of phenolic OH excluding ortho intramolecular Hbond substituents is 1. The van der Waals surface area contributed by atoms with Gasteiger partial charge in [0.15, 0.2) is 18.1 Å². The summed E-state index contributed by atoms with van der Waals surface area (Å²) >= 11 is 1.20. The number of rotatable bonds is 9. The molecule has 27 heavy (non-hydrogen) atoms. The first-order chi connectivity index (χ1) is 12.7. The van der Waals surface area contributed by atoms with Crippen LogP contribution < -0.4 is 9.46 Å². The zero-order valence-corrected chi connectivity index (χ0v) is 16.4. The van der Waals surface area contributed by atoms with Crippen molar-refractivity contribution in [2.45, 2.75) is 6.42 Å². The van der Waals surface area contributed by atoms with Crippen LogP contribution in [0.25, 0.3) is 0 Å². The van der Waals surface area contributed by atoms with E-state index < -0.39 is 28.4 Å². The fourth-order valence-electron chi connectivity index (χ4n) is 2.15. The molecule has 0 bridgehead atoms. The van der Waals surface area contributed by atoms with Gasteiger partial charge in [-0.3, -0.25) is 4.79 Å². The maximum absolute atomic E-state index is 12.2. The van der Waals surface area contributed by atoms with Crippen LogP contribution in [-0.4, -0.2) is 51.8 Å². The standard InChI is InChI=1S/C17H19NO7S2/c1-24-14-5-3-4-12(16(14)20)17(21)25-10-13(19)15-7-6-11(26-15)8-9-18-27(2,22)23/h3-7,18,20H,8-10H2,1-2H3. The van der Waals surface area contributed by atoms with Gasteiger partial charge >= 0.3 is 5.97 Å². The third kappa shape index (κ3) is 6.05. The number of para-hydroxylation sites is 1. The molecule has 2 N–H and O–H groups in total. The molecule has 0 spiro atoms. The molecule has 0 saturated carbocycles. The van der Waals surface area contributed by atoms with Crippen LogP contribution >= 0.6 is 11.3 Å². The highest BCUT2D eigenvalue weighted by Gasteiger charge is 2.18. The molecule has 0 radical (unpaired) electrons. The van der Waals surface area contributed by atoms with Gasteiger partial charge in [-0.05, 0) is 30.7 Å². The highest BCUT2D eigenvalue weighted by Crippen LogP contribution is 2.29. The van der Waals surface area contributed by atoms with Crippen molar-refractivity contribution < 1.29 is 32.6 Å². The number of benzene rings is 1. The lowest BCUT2D eigenvalue weighted by Crippen LogP contribution is -2.24. The van der Waals surface area contributed by atoms with Crippen molar-refractivity contribution in [3.63, 3.8) is 0 Å². The van der Waals surface area contributed by atoms with Gasteiger partial charge < -0.3 is 14.6 Å². The van der Waals surface area contributed by atoms with E-state index in [4.69, 9.17) is 9.47 Å². The first-order valence-corrected chi connectivity index (χ1v) is 10.5. The zero-order chi connectivity index (χ0) is 20.0. The Kier molecular flexibility index (Phi) is 6.94. The second-order valence-electron chi connectivity index (χ2n) is 5.54. The predicted molar refractivity (Wildman–Crippen MR) is 100 cm³/mol. The van der Waals surface area contributed by atoms with E-state index in [0.29, 0.717) is 11.3 Å². The third-order valence-electron chi connectivity index (χ3n) is 3.45. The fraction of sp³-hybridized carbons (Fsp3) is 0.294. The van der Waals surface area contributed by atoms with Crippen LogP contribution in [0, 0.1) is 0 Å². The molecule has 0 unspecified atom stereocenters. The number of carbonyl (C=O) groups excluding carboxylic acids is 2. The fourth-order valence-corrected chi connectivity index (χ4v) is 3.56. The number of Topliss-reactive ketones (excluding diaryl/α,β-unsaturated/α-hetero) is 1.